The van der Waals surface area contributed by atoms with Crippen molar-refractivity contribution in [1.82, 2.24) is 9.97 Å². The number of benzene rings is 2. The van der Waals surface area contributed by atoms with Crippen LogP contribution >= 0.6 is 0 Å². The van der Waals surface area contributed by atoms with Crippen molar-refractivity contribution in [3.05, 3.63) is 76.1 Å². The molecule has 0 radical (unpaired) electrons. The second-order valence-electron chi connectivity index (χ2n) is 5.65. The number of aromatic amines is 1. The van der Waals surface area contributed by atoms with Gasteiger partial charge in [-0.25, -0.2) is 10.4 Å². The van der Waals surface area contributed by atoms with Crippen molar-refractivity contribution in [2.24, 2.45) is 5.10 Å². The van der Waals surface area contributed by atoms with Gasteiger partial charge in [0.05, 0.1) is 11.9 Å². The fourth-order valence-electron chi connectivity index (χ4n) is 2.39. The summed E-state index contributed by atoms with van der Waals surface area (Å²) >= 11 is 0. The summed E-state index contributed by atoms with van der Waals surface area (Å²) in [6, 6.07) is 17.5. The molecule has 0 bridgehead atoms. The number of nitriles is 1. The van der Waals surface area contributed by atoms with E-state index >= 15 is 0 Å². The summed E-state index contributed by atoms with van der Waals surface area (Å²) in [7, 11) is 0. The lowest BCUT2D eigenvalue weighted by atomic mass is 10.1. The van der Waals surface area contributed by atoms with Crippen LogP contribution in [0.2, 0.25) is 0 Å². The predicted octanol–water partition coefficient (Wildman–Crippen LogP) is 2.68. The Morgan fingerprint density at radius 3 is 2.57 bits per heavy atom. The van der Waals surface area contributed by atoms with E-state index in [-0.39, 0.29) is 17.2 Å². The van der Waals surface area contributed by atoms with Crippen LogP contribution in [-0.4, -0.2) is 22.2 Å². The molecule has 0 unspecified atom stereocenters. The van der Waals surface area contributed by atoms with Crippen LogP contribution in [-0.2, 0) is 4.79 Å². The lowest BCUT2D eigenvalue weighted by molar-refractivity contribution is -0.131. The minimum Gasteiger partial charge on any atom is -0.427 e. The van der Waals surface area contributed by atoms with E-state index < -0.39 is 11.5 Å². The maximum atomic E-state index is 12.2. The quantitative estimate of drug-likeness (QED) is 0.307. The van der Waals surface area contributed by atoms with Gasteiger partial charge in [-0.3, -0.25) is 14.6 Å². The summed E-state index contributed by atoms with van der Waals surface area (Å²) in [5.41, 5.74) is 3.69. The number of nitrogens with one attached hydrogen (secondary N) is 2. The first-order chi connectivity index (χ1) is 13.6. The maximum absolute atomic E-state index is 12.2. The van der Waals surface area contributed by atoms with Gasteiger partial charge in [0.2, 0.25) is 5.95 Å². The smallest absolute Gasteiger partial charge is 0.308 e. The van der Waals surface area contributed by atoms with Crippen LogP contribution in [0.25, 0.3) is 11.3 Å². The number of aromatic nitrogens is 2. The monoisotopic (exact) mass is 373 g/mol. The summed E-state index contributed by atoms with van der Waals surface area (Å²) in [4.78, 5) is 29.9. The van der Waals surface area contributed by atoms with E-state index in [0.29, 0.717) is 11.3 Å². The van der Waals surface area contributed by atoms with Crippen LogP contribution in [0.15, 0.2) is 64.5 Å². The third kappa shape index (κ3) is 4.47. The summed E-state index contributed by atoms with van der Waals surface area (Å²) in [6.45, 7) is 1.33. The number of hydrazone groups is 1. The molecule has 2 aromatic carbocycles. The van der Waals surface area contributed by atoms with Crippen LogP contribution in [0.1, 0.15) is 18.1 Å². The molecule has 1 aromatic heterocycles. The number of anilines is 1. The van der Waals surface area contributed by atoms with Crippen LogP contribution < -0.4 is 15.7 Å². The van der Waals surface area contributed by atoms with Gasteiger partial charge in [-0.2, -0.15) is 10.4 Å². The van der Waals surface area contributed by atoms with E-state index in [1.54, 1.807) is 48.5 Å². The maximum Gasteiger partial charge on any atom is 0.308 e. The molecule has 2 N–H and O–H groups in total. The Hall–Kier alpha value is -4.25. The van der Waals surface area contributed by atoms with Crippen molar-refractivity contribution < 1.29 is 9.53 Å². The standard InChI is InChI=1S/C20H15N5O3/c1-13(26)28-16-9-7-14(8-10-16)12-22-25-20-23-18(15-5-3-2-4-6-15)17(11-21)19(27)24-20/h2-10,12H,1H3,(H2,23,24,25,27). The van der Waals surface area contributed by atoms with Crippen molar-refractivity contribution in [3.63, 3.8) is 0 Å². The highest BCUT2D eigenvalue weighted by molar-refractivity contribution is 5.80. The topological polar surface area (TPSA) is 120 Å². The summed E-state index contributed by atoms with van der Waals surface area (Å²) in [5, 5.41) is 13.3. The zero-order valence-electron chi connectivity index (χ0n) is 14.8. The van der Waals surface area contributed by atoms with Gasteiger partial charge in [0.25, 0.3) is 5.56 Å². The van der Waals surface area contributed by atoms with Gasteiger partial charge in [0.1, 0.15) is 17.4 Å². The SMILES string of the molecule is CC(=O)Oc1ccc(C=NNc2nc(-c3ccccc3)c(C#N)c(=O)[nH]2)cc1. The van der Waals surface area contributed by atoms with E-state index in [4.69, 9.17) is 4.74 Å². The molecular weight excluding hydrogens is 358 g/mol. The molecule has 0 aliphatic rings. The number of carbonyl (C=O) groups excluding carboxylic acids is 1. The van der Waals surface area contributed by atoms with Gasteiger partial charge >= 0.3 is 5.97 Å². The third-order valence-corrected chi connectivity index (χ3v) is 3.60. The molecule has 3 aromatic rings. The highest BCUT2D eigenvalue weighted by Gasteiger charge is 2.12. The molecule has 0 aliphatic carbocycles. The summed E-state index contributed by atoms with van der Waals surface area (Å²) < 4.78 is 4.96. The minimum absolute atomic E-state index is 0.0678. The molecule has 0 saturated carbocycles. The molecule has 0 aliphatic heterocycles. The molecule has 28 heavy (non-hydrogen) atoms. The number of rotatable bonds is 5. The van der Waals surface area contributed by atoms with Crippen molar-refractivity contribution in [3.8, 4) is 23.1 Å². The normalized spacial score (nSPS) is 10.4. The van der Waals surface area contributed by atoms with Gasteiger partial charge < -0.3 is 4.74 Å². The predicted molar refractivity (Wildman–Crippen MR) is 104 cm³/mol. The fraction of sp³-hybridized carbons (Fsp3) is 0.0500. The van der Waals surface area contributed by atoms with Gasteiger partial charge in [-0.1, -0.05) is 30.3 Å². The second kappa shape index (κ2) is 8.42. The highest BCUT2D eigenvalue weighted by Crippen LogP contribution is 2.19. The van der Waals surface area contributed by atoms with E-state index in [2.05, 4.69) is 20.5 Å². The van der Waals surface area contributed by atoms with Gasteiger partial charge in [0.15, 0.2) is 0 Å². The number of carbonyl (C=O) groups is 1. The first-order valence-electron chi connectivity index (χ1n) is 8.24. The van der Waals surface area contributed by atoms with Gasteiger partial charge in [0, 0.05) is 12.5 Å². The average Bonchev–Trinajstić information content (AvgIpc) is 2.69. The molecule has 0 amide bonds. The molecule has 0 spiro atoms. The van der Waals surface area contributed by atoms with Gasteiger partial charge in [-0.15, -0.1) is 0 Å². The number of hydrogen-bond donors (Lipinski definition) is 2. The largest absolute Gasteiger partial charge is 0.427 e. The van der Waals surface area contributed by atoms with Crippen LogP contribution in [0, 0.1) is 11.3 Å². The molecule has 1 heterocycles. The molecule has 0 saturated heterocycles. The van der Waals surface area contributed by atoms with Crippen LogP contribution in [0.4, 0.5) is 5.95 Å². The lowest BCUT2D eigenvalue weighted by Gasteiger charge is -2.06. The van der Waals surface area contributed by atoms with Crippen molar-refractivity contribution in [2.45, 2.75) is 6.92 Å². The Morgan fingerprint density at radius 2 is 1.93 bits per heavy atom. The number of H-pyrrole nitrogens is 1. The van der Waals surface area contributed by atoms with E-state index in [9.17, 15) is 14.9 Å². The molecule has 8 heteroatoms. The van der Waals surface area contributed by atoms with Crippen LogP contribution in [0.5, 0.6) is 5.75 Å². The Morgan fingerprint density at radius 1 is 1.21 bits per heavy atom. The first-order valence-corrected chi connectivity index (χ1v) is 8.24. The van der Waals surface area contributed by atoms with E-state index in [1.165, 1.54) is 13.1 Å². The molecule has 0 atom stereocenters. The van der Waals surface area contributed by atoms with Gasteiger partial charge in [-0.05, 0) is 29.8 Å². The number of hydrogen-bond acceptors (Lipinski definition) is 7. The fourth-order valence-corrected chi connectivity index (χ4v) is 2.39. The van der Waals surface area contributed by atoms with Crippen molar-refractivity contribution in [2.75, 3.05) is 5.43 Å². The van der Waals surface area contributed by atoms with E-state index in [1.807, 2.05) is 12.1 Å². The number of nitrogens with zero attached hydrogens (tertiary/aromatic N) is 3. The molecule has 0 fully saturated rings. The minimum atomic E-state index is -0.556. The molecule has 3 rings (SSSR count). The zero-order chi connectivity index (χ0) is 19.9. The molecule has 138 valence electrons. The Balaban J connectivity index is 1.80. The zero-order valence-corrected chi connectivity index (χ0v) is 14.8. The van der Waals surface area contributed by atoms with Crippen LogP contribution in [0.3, 0.4) is 0 Å². The van der Waals surface area contributed by atoms with E-state index in [0.717, 1.165) is 5.56 Å². The summed E-state index contributed by atoms with van der Waals surface area (Å²) in [5.74, 6) is 0.145. The second-order valence-corrected chi connectivity index (χ2v) is 5.65. The molecule has 8 nitrogen and oxygen atoms in total. The number of esters is 1. The van der Waals surface area contributed by atoms with Crippen molar-refractivity contribution >= 4 is 18.1 Å². The number of ether oxygens (including phenoxy) is 1. The highest BCUT2D eigenvalue weighted by atomic mass is 16.5. The first kappa shape index (κ1) is 18.5. The van der Waals surface area contributed by atoms with Crippen molar-refractivity contribution in [1.29, 1.82) is 5.26 Å². The lowest BCUT2D eigenvalue weighted by Crippen LogP contribution is -2.16. The summed E-state index contributed by atoms with van der Waals surface area (Å²) in [6.07, 6.45) is 1.51. The Labute approximate surface area is 160 Å². The molecular formula is C20H15N5O3. The third-order valence-electron chi connectivity index (χ3n) is 3.60. The Bertz CT molecular complexity index is 1110. The Kier molecular flexibility index (Phi) is 5.58. The average molecular weight is 373 g/mol.